The van der Waals surface area contributed by atoms with Crippen molar-refractivity contribution in [3.8, 4) is 0 Å². The first kappa shape index (κ1) is 7.09. The lowest BCUT2D eigenvalue weighted by Gasteiger charge is -1.96. The number of rotatable bonds is 3. The molecular formula is C6H12S. The van der Waals surface area contributed by atoms with Gasteiger partial charge in [-0.25, -0.2) is 0 Å². The lowest BCUT2D eigenvalue weighted by molar-refractivity contribution is 0.839. The van der Waals surface area contributed by atoms with Crippen molar-refractivity contribution < 1.29 is 0 Å². The lowest BCUT2D eigenvalue weighted by Crippen LogP contribution is -1.86. The molecule has 0 aliphatic carbocycles. The summed E-state index contributed by atoms with van der Waals surface area (Å²) >= 11 is 4.18. The smallest absolute Gasteiger partial charge is 0.000864 e. The third kappa shape index (κ3) is 6.09. The quantitative estimate of drug-likeness (QED) is 0.424. The van der Waals surface area contributed by atoms with E-state index in [0.29, 0.717) is 5.25 Å². The van der Waals surface area contributed by atoms with E-state index in [4.69, 9.17) is 0 Å². The van der Waals surface area contributed by atoms with Gasteiger partial charge in [-0.1, -0.05) is 13.0 Å². The Bertz CT molecular complexity index is 48.1. The highest BCUT2D eigenvalue weighted by Crippen LogP contribution is 2.01. The van der Waals surface area contributed by atoms with Crippen LogP contribution in [-0.2, 0) is 0 Å². The monoisotopic (exact) mass is 116 g/mol. The van der Waals surface area contributed by atoms with Crippen LogP contribution in [0, 0.1) is 0 Å². The van der Waals surface area contributed by atoms with E-state index < -0.39 is 0 Å². The topological polar surface area (TPSA) is 0 Å². The van der Waals surface area contributed by atoms with Crippen molar-refractivity contribution in [3.63, 3.8) is 0 Å². The van der Waals surface area contributed by atoms with Gasteiger partial charge in [0, 0.05) is 0 Å². The van der Waals surface area contributed by atoms with Crippen LogP contribution < -0.4 is 0 Å². The van der Waals surface area contributed by atoms with E-state index in [-0.39, 0.29) is 0 Å². The van der Waals surface area contributed by atoms with Gasteiger partial charge in [0.1, 0.15) is 0 Å². The normalized spacial score (nSPS) is 13.4. The molecule has 0 aromatic rings. The van der Waals surface area contributed by atoms with Crippen LogP contribution in [0.15, 0.2) is 12.7 Å². The van der Waals surface area contributed by atoms with Gasteiger partial charge in [-0.2, -0.15) is 12.6 Å². The SMILES string of the molecule is C=CCCC(C)S. The second kappa shape index (κ2) is 4.25. The molecule has 42 valence electrons. The Morgan fingerprint density at radius 3 is 2.57 bits per heavy atom. The first-order chi connectivity index (χ1) is 3.27. The van der Waals surface area contributed by atoms with Gasteiger partial charge >= 0.3 is 0 Å². The summed E-state index contributed by atoms with van der Waals surface area (Å²) in [6, 6.07) is 0. The fraction of sp³-hybridized carbons (Fsp3) is 0.667. The Kier molecular flexibility index (Phi) is 4.31. The maximum Gasteiger partial charge on any atom is -0.000864 e. The fourth-order valence-electron chi connectivity index (χ4n) is 0.359. The molecule has 0 amide bonds. The molecule has 1 heteroatoms. The summed E-state index contributed by atoms with van der Waals surface area (Å²) in [4.78, 5) is 0. The van der Waals surface area contributed by atoms with Crippen molar-refractivity contribution in [2.45, 2.75) is 25.0 Å². The summed E-state index contributed by atoms with van der Waals surface area (Å²) in [7, 11) is 0. The zero-order valence-corrected chi connectivity index (χ0v) is 5.62. The summed E-state index contributed by atoms with van der Waals surface area (Å²) in [5, 5.41) is 0.526. The predicted octanol–water partition coefficient (Wildman–Crippen LogP) is 2.27. The molecule has 0 rings (SSSR count). The average Bonchev–Trinajstić information content (AvgIpc) is 1.61. The van der Waals surface area contributed by atoms with E-state index in [1.165, 1.54) is 0 Å². The maximum atomic E-state index is 4.18. The van der Waals surface area contributed by atoms with Crippen molar-refractivity contribution in [2.24, 2.45) is 0 Å². The Morgan fingerprint density at radius 2 is 2.43 bits per heavy atom. The van der Waals surface area contributed by atoms with E-state index in [1.54, 1.807) is 0 Å². The minimum absolute atomic E-state index is 0.526. The molecule has 0 aromatic heterocycles. The summed E-state index contributed by atoms with van der Waals surface area (Å²) in [5.41, 5.74) is 0. The van der Waals surface area contributed by atoms with Crippen molar-refractivity contribution in [2.75, 3.05) is 0 Å². The minimum Gasteiger partial charge on any atom is -0.176 e. The Hall–Kier alpha value is 0.0900. The standard InChI is InChI=1S/C6H12S/c1-3-4-5-6(2)7/h3,6-7H,1,4-5H2,2H3. The predicted molar refractivity (Wildman–Crippen MR) is 37.9 cm³/mol. The van der Waals surface area contributed by atoms with E-state index >= 15 is 0 Å². The molecular weight excluding hydrogens is 104 g/mol. The second-order valence-electron chi connectivity index (χ2n) is 1.72. The van der Waals surface area contributed by atoms with Crippen LogP contribution in [0.4, 0.5) is 0 Å². The highest BCUT2D eigenvalue weighted by atomic mass is 32.1. The van der Waals surface area contributed by atoms with Crippen LogP contribution >= 0.6 is 12.6 Å². The van der Waals surface area contributed by atoms with E-state index in [2.05, 4.69) is 26.1 Å². The van der Waals surface area contributed by atoms with Gasteiger partial charge in [0.15, 0.2) is 0 Å². The molecule has 0 heterocycles. The van der Waals surface area contributed by atoms with Crippen molar-refractivity contribution in [1.29, 1.82) is 0 Å². The molecule has 0 aliphatic rings. The molecule has 0 N–H and O–H groups in total. The number of thiol groups is 1. The van der Waals surface area contributed by atoms with Gasteiger partial charge in [0.25, 0.3) is 0 Å². The van der Waals surface area contributed by atoms with Crippen LogP contribution in [0.2, 0.25) is 0 Å². The van der Waals surface area contributed by atoms with E-state index in [1.807, 2.05) is 6.08 Å². The van der Waals surface area contributed by atoms with Gasteiger partial charge in [-0.05, 0) is 18.1 Å². The van der Waals surface area contributed by atoms with Gasteiger partial charge in [-0.3, -0.25) is 0 Å². The zero-order chi connectivity index (χ0) is 5.70. The van der Waals surface area contributed by atoms with Crippen LogP contribution in [0.25, 0.3) is 0 Å². The molecule has 1 atom stereocenters. The van der Waals surface area contributed by atoms with Crippen molar-refractivity contribution in [1.82, 2.24) is 0 Å². The number of hydrogen-bond acceptors (Lipinski definition) is 1. The first-order valence-corrected chi connectivity index (χ1v) is 3.08. The number of hydrogen-bond donors (Lipinski definition) is 1. The summed E-state index contributed by atoms with van der Waals surface area (Å²) in [6.45, 7) is 5.69. The minimum atomic E-state index is 0.526. The van der Waals surface area contributed by atoms with Crippen LogP contribution in [0.5, 0.6) is 0 Å². The molecule has 0 aromatic carbocycles. The summed E-state index contributed by atoms with van der Waals surface area (Å²) in [5.74, 6) is 0. The molecule has 0 radical (unpaired) electrons. The highest BCUT2D eigenvalue weighted by Gasteiger charge is 1.88. The molecule has 0 saturated heterocycles. The molecule has 0 spiro atoms. The molecule has 0 aliphatic heterocycles. The van der Waals surface area contributed by atoms with Gasteiger partial charge in [0.05, 0.1) is 0 Å². The molecule has 0 saturated carbocycles. The third-order valence-corrected chi connectivity index (χ3v) is 1.05. The van der Waals surface area contributed by atoms with E-state index in [0.717, 1.165) is 12.8 Å². The van der Waals surface area contributed by atoms with Crippen molar-refractivity contribution in [3.05, 3.63) is 12.7 Å². The average molecular weight is 116 g/mol. The summed E-state index contributed by atoms with van der Waals surface area (Å²) < 4.78 is 0. The van der Waals surface area contributed by atoms with Crippen LogP contribution in [-0.4, -0.2) is 5.25 Å². The Labute approximate surface area is 51.0 Å². The molecule has 1 unspecified atom stereocenters. The third-order valence-electron chi connectivity index (χ3n) is 0.789. The van der Waals surface area contributed by atoms with Gasteiger partial charge in [0.2, 0.25) is 0 Å². The molecule has 0 fully saturated rings. The van der Waals surface area contributed by atoms with Gasteiger partial charge in [-0.15, -0.1) is 6.58 Å². The Balaban J connectivity index is 2.81. The fourth-order valence-corrected chi connectivity index (χ4v) is 0.508. The summed E-state index contributed by atoms with van der Waals surface area (Å²) in [6.07, 6.45) is 4.16. The first-order valence-electron chi connectivity index (χ1n) is 2.56. The molecule has 7 heavy (non-hydrogen) atoms. The largest absolute Gasteiger partial charge is 0.176 e. The van der Waals surface area contributed by atoms with Crippen LogP contribution in [0.1, 0.15) is 19.8 Å². The maximum absolute atomic E-state index is 4.18. The second-order valence-corrected chi connectivity index (χ2v) is 2.60. The molecule has 0 bridgehead atoms. The molecule has 0 nitrogen and oxygen atoms in total. The Morgan fingerprint density at radius 1 is 1.86 bits per heavy atom. The van der Waals surface area contributed by atoms with Crippen LogP contribution in [0.3, 0.4) is 0 Å². The highest BCUT2D eigenvalue weighted by molar-refractivity contribution is 7.80. The van der Waals surface area contributed by atoms with Gasteiger partial charge < -0.3 is 0 Å². The van der Waals surface area contributed by atoms with Crippen molar-refractivity contribution >= 4 is 12.6 Å². The zero-order valence-electron chi connectivity index (χ0n) is 4.72. The number of allylic oxidation sites excluding steroid dienone is 1. The van der Waals surface area contributed by atoms with E-state index in [9.17, 15) is 0 Å². The lowest BCUT2D eigenvalue weighted by atomic mass is 10.2.